The maximum absolute atomic E-state index is 13.1. The van der Waals surface area contributed by atoms with E-state index in [1.165, 1.54) is 6.42 Å². The highest BCUT2D eigenvalue weighted by Gasteiger charge is 2.38. The third-order valence-electron chi connectivity index (χ3n) is 5.96. The lowest BCUT2D eigenvalue weighted by Crippen LogP contribution is -2.44. The Morgan fingerprint density at radius 3 is 2.34 bits per heavy atom. The largest absolute Gasteiger partial charge is 0.339 e. The Morgan fingerprint density at radius 1 is 1.00 bits per heavy atom. The molecule has 0 radical (unpaired) electrons. The van der Waals surface area contributed by atoms with Crippen LogP contribution in [0.4, 0.5) is 5.69 Å². The topological polar surface area (TPSA) is 61.4 Å². The Hall–Kier alpha value is -2.08. The third kappa shape index (κ3) is 4.74. The van der Waals surface area contributed by atoms with E-state index in [9.17, 15) is 9.59 Å². The minimum atomic E-state index is -0.258. The Bertz CT molecular complexity index is 870. The summed E-state index contributed by atoms with van der Waals surface area (Å²) >= 11 is 5.89. The maximum Gasteiger partial charge on any atom is 0.255 e. The van der Waals surface area contributed by atoms with Crippen molar-refractivity contribution in [3.63, 3.8) is 0 Å². The van der Waals surface area contributed by atoms with Crippen LogP contribution in [0.2, 0.25) is 5.02 Å². The highest BCUT2D eigenvalue weighted by atomic mass is 35.5. The van der Waals surface area contributed by atoms with Crippen LogP contribution in [0.15, 0.2) is 48.5 Å². The molecule has 2 aliphatic heterocycles. The zero-order valence-electron chi connectivity index (χ0n) is 16.1. The van der Waals surface area contributed by atoms with Crippen molar-refractivity contribution in [2.45, 2.75) is 19.3 Å². The average molecular weight is 434 g/mol. The highest BCUT2D eigenvalue weighted by Crippen LogP contribution is 2.37. The average Bonchev–Trinajstić information content (AvgIpc) is 3.17. The van der Waals surface area contributed by atoms with E-state index >= 15 is 0 Å². The van der Waals surface area contributed by atoms with Gasteiger partial charge in [-0.2, -0.15) is 0 Å². The molecule has 5 nitrogen and oxygen atoms in total. The van der Waals surface area contributed by atoms with E-state index in [-0.39, 0.29) is 24.2 Å². The van der Waals surface area contributed by atoms with Crippen LogP contribution in [-0.2, 0) is 0 Å². The molecule has 0 unspecified atom stereocenters. The van der Waals surface area contributed by atoms with Crippen molar-refractivity contribution >= 4 is 41.5 Å². The molecule has 2 fully saturated rings. The second-order valence-corrected chi connectivity index (χ2v) is 8.16. The number of halogens is 2. The SMILES string of the molecule is Cl.O=C(Nc1ccccc1C(=O)N1CCC2(CCNC2)CC1)c1ccc(Cl)cc1. The molecule has 2 heterocycles. The minimum absolute atomic E-state index is 0. The Labute approximate surface area is 182 Å². The van der Waals surface area contributed by atoms with Gasteiger partial charge in [-0.3, -0.25) is 9.59 Å². The van der Waals surface area contributed by atoms with E-state index in [2.05, 4.69) is 10.6 Å². The summed E-state index contributed by atoms with van der Waals surface area (Å²) in [7, 11) is 0. The van der Waals surface area contributed by atoms with Crippen LogP contribution >= 0.6 is 24.0 Å². The molecule has 2 aliphatic rings. The number of benzene rings is 2. The van der Waals surface area contributed by atoms with Gasteiger partial charge in [-0.1, -0.05) is 23.7 Å². The summed E-state index contributed by atoms with van der Waals surface area (Å²) in [5.74, 6) is -0.278. The molecule has 0 aliphatic carbocycles. The molecule has 0 saturated carbocycles. The van der Waals surface area contributed by atoms with Crippen LogP contribution in [0.1, 0.15) is 40.0 Å². The fraction of sp³-hybridized carbons (Fsp3) is 0.364. The lowest BCUT2D eigenvalue weighted by molar-refractivity contribution is 0.0608. The van der Waals surface area contributed by atoms with E-state index in [0.29, 0.717) is 27.3 Å². The molecule has 154 valence electrons. The van der Waals surface area contributed by atoms with E-state index in [4.69, 9.17) is 11.6 Å². The lowest BCUT2D eigenvalue weighted by atomic mass is 9.78. The summed E-state index contributed by atoms with van der Waals surface area (Å²) in [5, 5.41) is 6.90. The van der Waals surface area contributed by atoms with Crippen molar-refractivity contribution in [1.29, 1.82) is 0 Å². The quantitative estimate of drug-likeness (QED) is 0.760. The smallest absolute Gasteiger partial charge is 0.255 e. The van der Waals surface area contributed by atoms with Gasteiger partial charge in [0.1, 0.15) is 0 Å². The van der Waals surface area contributed by atoms with E-state index in [0.717, 1.165) is 39.0 Å². The molecule has 2 aromatic carbocycles. The number of nitrogens with one attached hydrogen (secondary N) is 2. The molecule has 2 aromatic rings. The number of piperidine rings is 1. The first kappa shape index (κ1) is 21.6. The summed E-state index contributed by atoms with van der Waals surface area (Å²) in [6.07, 6.45) is 3.26. The molecular weight excluding hydrogens is 409 g/mol. The normalized spacial score (nSPS) is 17.6. The van der Waals surface area contributed by atoms with Crippen molar-refractivity contribution in [2.24, 2.45) is 5.41 Å². The number of nitrogens with zero attached hydrogens (tertiary/aromatic N) is 1. The summed E-state index contributed by atoms with van der Waals surface area (Å²) in [6, 6.07) is 13.9. The number of hydrogen-bond acceptors (Lipinski definition) is 3. The summed E-state index contributed by atoms with van der Waals surface area (Å²) in [4.78, 5) is 27.6. The number of anilines is 1. The number of carbonyl (C=O) groups is 2. The molecule has 0 aromatic heterocycles. The molecule has 1 spiro atoms. The fourth-order valence-electron chi connectivity index (χ4n) is 4.15. The first-order valence-corrected chi connectivity index (χ1v) is 10.1. The summed E-state index contributed by atoms with van der Waals surface area (Å²) in [6.45, 7) is 3.66. The van der Waals surface area contributed by atoms with Crippen molar-refractivity contribution in [3.05, 3.63) is 64.7 Å². The van der Waals surface area contributed by atoms with Crippen LogP contribution in [0.25, 0.3) is 0 Å². The van der Waals surface area contributed by atoms with Gasteiger partial charge >= 0.3 is 0 Å². The summed E-state index contributed by atoms with van der Waals surface area (Å²) in [5.41, 5.74) is 1.93. The van der Waals surface area contributed by atoms with Crippen molar-refractivity contribution < 1.29 is 9.59 Å². The Kier molecular flexibility index (Phi) is 6.83. The van der Waals surface area contributed by atoms with Gasteiger partial charge in [-0.25, -0.2) is 0 Å². The van der Waals surface area contributed by atoms with Gasteiger partial charge in [-0.15, -0.1) is 12.4 Å². The van der Waals surface area contributed by atoms with Crippen molar-refractivity contribution in [3.8, 4) is 0 Å². The molecular formula is C22H25Cl2N3O2. The van der Waals surface area contributed by atoms with Gasteiger partial charge in [0.05, 0.1) is 11.3 Å². The molecule has 2 N–H and O–H groups in total. The van der Waals surface area contributed by atoms with E-state index < -0.39 is 0 Å². The lowest BCUT2D eigenvalue weighted by Gasteiger charge is -2.39. The van der Waals surface area contributed by atoms with Gasteiger partial charge in [0.25, 0.3) is 11.8 Å². The Morgan fingerprint density at radius 2 is 1.69 bits per heavy atom. The molecule has 29 heavy (non-hydrogen) atoms. The van der Waals surface area contributed by atoms with Crippen LogP contribution in [-0.4, -0.2) is 42.9 Å². The van der Waals surface area contributed by atoms with Gasteiger partial charge in [0, 0.05) is 30.2 Å². The number of hydrogen-bond donors (Lipinski definition) is 2. The van der Waals surface area contributed by atoms with Crippen molar-refractivity contribution in [1.82, 2.24) is 10.2 Å². The number of likely N-dealkylation sites (tertiary alicyclic amines) is 1. The Balaban J connectivity index is 0.00000240. The number of para-hydroxylation sites is 1. The zero-order chi connectivity index (χ0) is 19.6. The predicted molar refractivity (Wildman–Crippen MR) is 118 cm³/mol. The zero-order valence-corrected chi connectivity index (χ0v) is 17.7. The minimum Gasteiger partial charge on any atom is -0.339 e. The van der Waals surface area contributed by atoms with E-state index in [1.807, 2.05) is 17.0 Å². The van der Waals surface area contributed by atoms with Crippen LogP contribution in [0, 0.1) is 5.41 Å². The monoisotopic (exact) mass is 433 g/mol. The molecule has 4 rings (SSSR count). The van der Waals surface area contributed by atoms with Gasteiger partial charge < -0.3 is 15.5 Å². The maximum atomic E-state index is 13.1. The van der Waals surface area contributed by atoms with Gasteiger partial charge in [-0.05, 0) is 67.6 Å². The second-order valence-electron chi connectivity index (χ2n) is 7.73. The molecule has 0 bridgehead atoms. The van der Waals surface area contributed by atoms with Gasteiger partial charge in [0.15, 0.2) is 0 Å². The van der Waals surface area contributed by atoms with Crippen LogP contribution in [0.5, 0.6) is 0 Å². The fourth-order valence-corrected chi connectivity index (χ4v) is 4.28. The molecule has 2 amide bonds. The first-order chi connectivity index (χ1) is 13.6. The van der Waals surface area contributed by atoms with Crippen molar-refractivity contribution in [2.75, 3.05) is 31.5 Å². The second kappa shape index (κ2) is 9.16. The highest BCUT2D eigenvalue weighted by molar-refractivity contribution is 6.30. The van der Waals surface area contributed by atoms with Crippen LogP contribution < -0.4 is 10.6 Å². The number of rotatable bonds is 3. The standard InChI is InChI=1S/C22H24ClN3O2.ClH/c23-17-7-5-16(6-8-17)20(27)25-19-4-2-1-3-18(19)21(28)26-13-10-22(11-14-26)9-12-24-15-22;/h1-8,24H,9-15H2,(H,25,27);1H. The summed E-state index contributed by atoms with van der Waals surface area (Å²) < 4.78 is 0. The molecule has 7 heteroatoms. The molecule has 2 saturated heterocycles. The van der Waals surface area contributed by atoms with Crippen LogP contribution in [0.3, 0.4) is 0 Å². The van der Waals surface area contributed by atoms with Gasteiger partial charge in [0.2, 0.25) is 0 Å². The van der Waals surface area contributed by atoms with E-state index in [1.54, 1.807) is 36.4 Å². The third-order valence-corrected chi connectivity index (χ3v) is 6.21. The number of carbonyl (C=O) groups excluding carboxylic acids is 2. The molecule has 0 atom stereocenters. The predicted octanol–water partition coefficient (Wildman–Crippen LogP) is 4.23. The first-order valence-electron chi connectivity index (χ1n) is 9.72. The number of amides is 2.